The minimum Gasteiger partial charge on any atom is -0.545 e. The van der Waals surface area contributed by atoms with Crippen LogP contribution in [0.25, 0.3) is 16.6 Å². The number of Topliss-reactive ketones (excluding diaryl/α,β-unsaturated/α-hetero) is 1. The third-order valence-electron chi connectivity index (χ3n) is 4.87. The van der Waals surface area contributed by atoms with Gasteiger partial charge in [0.2, 0.25) is 0 Å². The zero-order valence-electron chi connectivity index (χ0n) is 18.0. The maximum Gasteiger partial charge on any atom is 1.00 e. The van der Waals surface area contributed by atoms with Gasteiger partial charge in [-0.05, 0) is 59.3 Å². The Balaban J connectivity index is 0.00000306. The van der Waals surface area contributed by atoms with E-state index in [9.17, 15) is 19.1 Å². The smallest absolute Gasteiger partial charge is 0.545 e. The van der Waals surface area contributed by atoms with E-state index in [-0.39, 0.29) is 58.4 Å². The molecule has 2 aromatic heterocycles. The van der Waals surface area contributed by atoms with Crippen LogP contribution in [-0.2, 0) is 11.2 Å². The third-order valence-corrected chi connectivity index (χ3v) is 6.48. The summed E-state index contributed by atoms with van der Waals surface area (Å²) in [6.07, 6.45) is -0.104. The van der Waals surface area contributed by atoms with Gasteiger partial charge in [-0.1, -0.05) is 12.1 Å². The monoisotopic (exact) mass is 490 g/mol. The number of carbonyl (C=O) groups excluding carboxylic acids is 2. The van der Waals surface area contributed by atoms with Gasteiger partial charge >= 0.3 is 29.6 Å². The molecular formula is C23H16FN2NaO4S2. The van der Waals surface area contributed by atoms with Crippen LogP contribution in [0.5, 0.6) is 5.75 Å². The van der Waals surface area contributed by atoms with Crippen LogP contribution in [0.3, 0.4) is 0 Å². The number of hydrogen-bond donors (Lipinski definition) is 0. The number of carbonyl (C=O) groups is 2. The Hall–Kier alpha value is -2.43. The molecule has 162 valence electrons. The van der Waals surface area contributed by atoms with Crippen molar-refractivity contribution >= 4 is 51.4 Å². The summed E-state index contributed by atoms with van der Waals surface area (Å²) < 4.78 is 27.5. The van der Waals surface area contributed by atoms with E-state index in [1.165, 1.54) is 30.6 Å². The molecule has 6 nitrogen and oxygen atoms in total. The molecule has 0 saturated carbocycles. The van der Waals surface area contributed by atoms with E-state index in [0.717, 1.165) is 17.3 Å². The van der Waals surface area contributed by atoms with E-state index in [1.807, 2.05) is 12.3 Å². The van der Waals surface area contributed by atoms with Crippen LogP contribution in [-0.4, -0.2) is 27.6 Å². The van der Waals surface area contributed by atoms with Crippen LogP contribution in [0.4, 0.5) is 4.39 Å². The molecule has 0 amide bonds. The zero-order valence-corrected chi connectivity index (χ0v) is 21.7. The van der Waals surface area contributed by atoms with Gasteiger partial charge in [-0.2, -0.15) is 8.75 Å². The van der Waals surface area contributed by atoms with Gasteiger partial charge in [0.1, 0.15) is 11.0 Å². The second kappa shape index (κ2) is 10.7. The number of carboxylic acid groups (broad SMARTS) is 1. The molecule has 0 aliphatic rings. The predicted molar refractivity (Wildman–Crippen MR) is 119 cm³/mol. The van der Waals surface area contributed by atoms with Gasteiger partial charge in [0, 0.05) is 17.6 Å². The Bertz CT molecular complexity index is 1380. The number of halogens is 1. The van der Waals surface area contributed by atoms with Crippen LogP contribution in [0.2, 0.25) is 0 Å². The fraction of sp³-hybridized carbons (Fsp3) is 0.130. The van der Waals surface area contributed by atoms with Gasteiger partial charge in [0.05, 0.1) is 29.7 Å². The molecule has 0 bridgehead atoms. The number of rotatable bonds is 7. The van der Waals surface area contributed by atoms with Crippen molar-refractivity contribution in [1.29, 1.82) is 0 Å². The number of ketones is 1. The number of aliphatic carboxylic acids is 1. The van der Waals surface area contributed by atoms with E-state index < -0.39 is 17.6 Å². The van der Waals surface area contributed by atoms with E-state index in [4.69, 9.17) is 4.74 Å². The van der Waals surface area contributed by atoms with E-state index in [0.29, 0.717) is 21.5 Å². The molecule has 0 radical (unpaired) electrons. The summed E-state index contributed by atoms with van der Waals surface area (Å²) in [7, 11) is 1.35. The predicted octanol–water partition coefficient (Wildman–Crippen LogP) is 0.842. The quantitative estimate of drug-likeness (QED) is 0.217. The van der Waals surface area contributed by atoms with Crippen LogP contribution in [0.15, 0.2) is 53.4 Å². The summed E-state index contributed by atoms with van der Waals surface area (Å²) in [5, 5.41) is 14.1. The van der Waals surface area contributed by atoms with E-state index in [2.05, 4.69) is 8.75 Å². The van der Waals surface area contributed by atoms with Crippen LogP contribution in [0, 0.1) is 12.7 Å². The molecule has 4 rings (SSSR count). The van der Waals surface area contributed by atoms with Gasteiger partial charge in [-0.15, -0.1) is 11.3 Å². The molecular weight excluding hydrogens is 474 g/mol. The molecule has 0 N–H and O–H groups in total. The standard InChI is InChI=1S/C23H17FN2O4S2.Na/c1-12-7-20(31-11-12)22(27)15(8-13-3-6-19(30-2)16(24)9-13)21(23(28)29)14-4-5-17-18(10-14)26-32-25-17;/h3-7,9-11H,8H2,1-2H3,(H,28,29);/q;+1/p-1. The van der Waals surface area contributed by atoms with Crippen LogP contribution < -0.4 is 39.4 Å². The summed E-state index contributed by atoms with van der Waals surface area (Å²) in [4.78, 5) is 26.1. The number of aromatic nitrogens is 2. The molecule has 2 heterocycles. The number of fused-ring (bicyclic) bond motifs is 1. The van der Waals surface area contributed by atoms with Crippen molar-refractivity contribution < 1.29 is 53.4 Å². The maximum atomic E-state index is 14.3. The molecule has 10 heteroatoms. The SMILES string of the molecule is COc1ccc(CC(C(=O)c2cc(C)cs2)=C(C(=O)[O-])c2ccc3nsnc3c2)cc1F.[Na+]. The Morgan fingerprint density at radius 3 is 2.48 bits per heavy atom. The number of methoxy groups -OCH3 is 1. The van der Waals surface area contributed by atoms with Gasteiger partial charge in [0.25, 0.3) is 0 Å². The number of carboxylic acids is 1. The van der Waals surface area contributed by atoms with Gasteiger partial charge < -0.3 is 14.6 Å². The molecule has 2 aromatic carbocycles. The minimum absolute atomic E-state index is 0. The average molecular weight is 491 g/mol. The third kappa shape index (κ3) is 5.39. The van der Waals surface area contributed by atoms with Crippen molar-refractivity contribution in [3.8, 4) is 5.75 Å². The molecule has 33 heavy (non-hydrogen) atoms. The van der Waals surface area contributed by atoms with E-state index in [1.54, 1.807) is 30.3 Å². The van der Waals surface area contributed by atoms with Crippen molar-refractivity contribution in [3.63, 3.8) is 0 Å². The number of thiophene rings is 1. The van der Waals surface area contributed by atoms with Gasteiger partial charge in [-0.3, -0.25) is 4.79 Å². The number of allylic oxidation sites excluding steroid dienone is 1. The minimum atomic E-state index is -1.50. The molecule has 4 aromatic rings. The summed E-state index contributed by atoms with van der Waals surface area (Å²) in [5.74, 6) is -2.50. The fourth-order valence-corrected chi connectivity index (χ4v) is 4.74. The Morgan fingerprint density at radius 1 is 1.09 bits per heavy atom. The largest absolute Gasteiger partial charge is 1.00 e. The Labute approximate surface area is 219 Å². The molecule has 0 saturated heterocycles. The molecule has 0 aliphatic carbocycles. The van der Waals surface area contributed by atoms with Crippen LogP contribution >= 0.6 is 23.1 Å². The zero-order chi connectivity index (χ0) is 22.8. The maximum absolute atomic E-state index is 14.3. The van der Waals surface area contributed by atoms with Crippen molar-refractivity contribution in [3.05, 3.63) is 80.8 Å². The number of hydrogen-bond acceptors (Lipinski definition) is 8. The molecule has 0 aliphatic heterocycles. The summed E-state index contributed by atoms with van der Waals surface area (Å²) in [6.45, 7) is 1.85. The number of benzene rings is 2. The summed E-state index contributed by atoms with van der Waals surface area (Å²) >= 11 is 2.23. The fourth-order valence-electron chi connectivity index (χ4n) is 3.36. The number of ether oxygens (including phenoxy) is 1. The van der Waals surface area contributed by atoms with Gasteiger partial charge in [-0.25, -0.2) is 4.39 Å². The Morgan fingerprint density at radius 2 is 1.85 bits per heavy atom. The van der Waals surface area contributed by atoms with Crippen LogP contribution in [0.1, 0.15) is 26.4 Å². The van der Waals surface area contributed by atoms with Crippen molar-refractivity contribution in [2.45, 2.75) is 13.3 Å². The normalized spacial score (nSPS) is 11.6. The second-order valence-electron chi connectivity index (χ2n) is 7.07. The second-order valence-corrected chi connectivity index (χ2v) is 8.51. The van der Waals surface area contributed by atoms with E-state index >= 15 is 0 Å². The first-order valence-corrected chi connectivity index (χ1v) is 11.1. The Kier molecular flexibility index (Phi) is 8.14. The van der Waals surface area contributed by atoms with Crippen molar-refractivity contribution in [1.82, 2.24) is 8.75 Å². The molecule has 0 unspecified atom stereocenters. The topological polar surface area (TPSA) is 92.2 Å². The van der Waals surface area contributed by atoms with Crippen molar-refractivity contribution in [2.75, 3.05) is 7.11 Å². The first-order valence-electron chi connectivity index (χ1n) is 9.47. The summed E-state index contributed by atoms with van der Waals surface area (Å²) in [5.41, 5.74) is 2.46. The number of nitrogens with zero attached hydrogens (tertiary/aromatic N) is 2. The first kappa shape index (κ1) is 25.2. The molecule has 0 fully saturated rings. The average Bonchev–Trinajstić information content (AvgIpc) is 3.41. The first-order chi connectivity index (χ1) is 15.4. The summed E-state index contributed by atoms with van der Waals surface area (Å²) in [6, 6.07) is 10.7. The van der Waals surface area contributed by atoms with Gasteiger partial charge in [0.15, 0.2) is 17.3 Å². The number of aryl methyl sites for hydroxylation is 1. The van der Waals surface area contributed by atoms with Crippen molar-refractivity contribution in [2.24, 2.45) is 0 Å². The molecule has 0 spiro atoms. The molecule has 0 atom stereocenters.